The van der Waals surface area contributed by atoms with Crippen LogP contribution in [0.5, 0.6) is 11.5 Å². The first-order valence-electron chi connectivity index (χ1n) is 6.04. The Hall–Kier alpha value is -1.68. The van der Waals surface area contributed by atoms with Crippen molar-refractivity contribution in [2.75, 3.05) is 20.0 Å². The second-order valence-corrected chi connectivity index (χ2v) is 4.68. The highest BCUT2D eigenvalue weighted by Gasteiger charge is 2.19. The van der Waals surface area contributed by atoms with E-state index in [1.54, 1.807) is 20.3 Å². The standard InChI is InChI=1S/C14H17ClN2O2/c1-5-9-7(2)12(16)11-13(17-9)10(18-3)6-8(15)14(11)19-4/h6H,5H2,1-4H3,(H2,16,17). The number of ether oxygens (including phenoxy) is 2. The van der Waals surface area contributed by atoms with Crippen LogP contribution in [0.1, 0.15) is 18.2 Å². The summed E-state index contributed by atoms with van der Waals surface area (Å²) < 4.78 is 10.7. The number of hydrogen-bond donors (Lipinski definition) is 1. The quantitative estimate of drug-likeness (QED) is 0.937. The first-order chi connectivity index (χ1) is 9.04. The van der Waals surface area contributed by atoms with E-state index in [9.17, 15) is 0 Å². The molecule has 0 saturated heterocycles. The molecule has 0 amide bonds. The molecule has 1 aromatic heterocycles. The summed E-state index contributed by atoms with van der Waals surface area (Å²) >= 11 is 6.20. The van der Waals surface area contributed by atoms with Gasteiger partial charge in [0.15, 0.2) is 0 Å². The Kier molecular flexibility index (Phi) is 3.71. The van der Waals surface area contributed by atoms with E-state index in [1.807, 2.05) is 13.8 Å². The number of aryl methyl sites for hydroxylation is 1. The summed E-state index contributed by atoms with van der Waals surface area (Å²) in [6.07, 6.45) is 0.806. The Morgan fingerprint density at radius 3 is 2.53 bits per heavy atom. The van der Waals surface area contributed by atoms with Gasteiger partial charge < -0.3 is 15.2 Å². The summed E-state index contributed by atoms with van der Waals surface area (Å²) in [5.74, 6) is 1.13. The highest BCUT2D eigenvalue weighted by atomic mass is 35.5. The third-order valence-electron chi connectivity index (χ3n) is 3.28. The van der Waals surface area contributed by atoms with Crippen LogP contribution >= 0.6 is 11.6 Å². The van der Waals surface area contributed by atoms with Crippen LogP contribution in [0.4, 0.5) is 5.69 Å². The summed E-state index contributed by atoms with van der Waals surface area (Å²) in [5, 5.41) is 1.17. The number of methoxy groups -OCH3 is 2. The van der Waals surface area contributed by atoms with Gasteiger partial charge in [-0.1, -0.05) is 18.5 Å². The molecule has 1 aromatic carbocycles. The van der Waals surface area contributed by atoms with Gasteiger partial charge in [-0.05, 0) is 18.9 Å². The van der Waals surface area contributed by atoms with Crippen LogP contribution in [0.2, 0.25) is 5.02 Å². The predicted octanol–water partition coefficient (Wildman–Crippen LogP) is 3.36. The van der Waals surface area contributed by atoms with Crippen molar-refractivity contribution in [3.8, 4) is 11.5 Å². The van der Waals surface area contributed by atoms with Gasteiger partial charge in [0.2, 0.25) is 0 Å². The molecule has 0 spiro atoms. The van der Waals surface area contributed by atoms with Gasteiger partial charge in [0.1, 0.15) is 17.0 Å². The Morgan fingerprint density at radius 2 is 2.00 bits per heavy atom. The molecule has 0 radical (unpaired) electrons. The molecule has 0 unspecified atom stereocenters. The fraction of sp³-hybridized carbons (Fsp3) is 0.357. The monoisotopic (exact) mass is 280 g/mol. The molecular weight excluding hydrogens is 264 g/mol. The van der Waals surface area contributed by atoms with Crippen LogP contribution in [0, 0.1) is 6.92 Å². The van der Waals surface area contributed by atoms with Gasteiger partial charge in [-0.3, -0.25) is 0 Å². The Balaban J connectivity index is 3.00. The molecule has 2 rings (SSSR count). The highest BCUT2D eigenvalue weighted by Crippen LogP contribution is 2.42. The smallest absolute Gasteiger partial charge is 0.149 e. The maximum atomic E-state index is 6.23. The number of benzene rings is 1. The minimum absolute atomic E-state index is 0.462. The topological polar surface area (TPSA) is 57.4 Å². The van der Waals surface area contributed by atoms with Crippen LogP contribution in [0.3, 0.4) is 0 Å². The number of hydrogen-bond acceptors (Lipinski definition) is 4. The molecule has 0 bridgehead atoms. The largest absolute Gasteiger partial charge is 0.494 e. The molecular formula is C14H17ClN2O2. The summed E-state index contributed by atoms with van der Waals surface area (Å²) in [7, 11) is 3.15. The van der Waals surface area contributed by atoms with Crippen molar-refractivity contribution in [1.82, 2.24) is 4.98 Å². The number of halogens is 1. The number of aromatic nitrogens is 1. The van der Waals surface area contributed by atoms with E-state index in [0.717, 1.165) is 17.7 Å². The minimum atomic E-state index is 0.462. The minimum Gasteiger partial charge on any atom is -0.494 e. The number of nitrogens with two attached hydrogens (primary N) is 1. The van der Waals surface area contributed by atoms with Crippen LogP contribution in [0.15, 0.2) is 6.07 Å². The van der Waals surface area contributed by atoms with E-state index in [0.29, 0.717) is 33.1 Å². The lowest BCUT2D eigenvalue weighted by molar-refractivity contribution is 0.410. The normalized spacial score (nSPS) is 10.8. The van der Waals surface area contributed by atoms with Gasteiger partial charge in [0.05, 0.1) is 24.6 Å². The molecule has 0 fully saturated rings. The van der Waals surface area contributed by atoms with Gasteiger partial charge in [0.25, 0.3) is 0 Å². The van der Waals surface area contributed by atoms with Crippen molar-refractivity contribution in [1.29, 1.82) is 0 Å². The Labute approximate surface area is 117 Å². The van der Waals surface area contributed by atoms with Crippen molar-refractivity contribution in [2.24, 2.45) is 0 Å². The SMILES string of the molecule is CCc1nc2c(OC)cc(Cl)c(OC)c2c(N)c1C. The first-order valence-corrected chi connectivity index (χ1v) is 6.42. The summed E-state index contributed by atoms with van der Waals surface area (Å²) in [5.41, 5.74) is 9.46. The second kappa shape index (κ2) is 5.13. The van der Waals surface area contributed by atoms with Crippen molar-refractivity contribution in [2.45, 2.75) is 20.3 Å². The van der Waals surface area contributed by atoms with E-state index in [4.69, 9.17) is 26.8 Å². The van der Waals surface area contributed by atoms with E-state index >= 15 is 0 Å². The van der Waals surface area contributed by atoms with Crippen molar-refractivity contribution >= 4 is 28.2 Å². The average molecular weight is 281 g/mol. The lowest BCUT2D eigenvalue weighted by Gasteiger charge is -2.16. The molecule has 19 heavy (non-hydrogen) atoms. The maximum absolute atomic E-state index is 6.23. The molecule has 0 saturated carbocycles. The Morgan fingerprint density at radius 1 is 1.32 bits per heavy atom. The lowest BCUT2D eigenvalue weighted by Crippen LogP contribution is -2.03. The third kappa shape index (κ3) is 2.06. The molecule has 0 aliphatic carbocycles. The van der Waals surface area contributed by atoms with Crippen LogP contribution in [-0.2, 0) is 6.42 Å². The highest BCUT2D eigenvalue weighted by molar-refractivity contribution is 6.34. The average Bonchev–Trinajstić information content (AvgIpc) is 2.42. The second-order valence-electron chi connectivity index (χ2n) is 4.27. The van der Waals surface area contributed by atoms with Crippen LogP contribution < -0.4 is 15.2 Å². The van der Waals surface area contributed by atoms with Crippen molar-refractivity contribution in [3.63, 3.8) is 0 Å². The number of nitrogen functional groups attached to an aromatic ring is 1. The number of nitrogens with zero attached hydrogens (tertiary/aromatic N) is 1. The molecule has 102 valence electrons. The fourth-order valence-corrected chi connectivity index (χ4v) is 2.49. The maximum Gasteiger partial charge on any atom is 0.149 e. The van der Waals surface area contributed by atoms with Gasteiger partial charge >= 0.3 is 0 Å². The summed E-state index contributed by atoms with van der Waals surface area (Å²) in [6, 6.07) is 1.70. The molecule has 0 aliphatic rings. The molecule has 1 heterocycles. The molecule has 4 nitrogen and oxygen atoms in total. The van der Waals surface area contributed by atoms with Crippen LogP contribution in [0.25, 0.3) is 10.9 Å². The number of pyridine rings is 1. The summed E-state index contributed by atoms with van der Waals surface area (Å²) in [4.78, 5) is 4.63. The number of fused-ring (bicyclic) bond motifs is 1. The first kappa shape index (κ1) is 13.7. The van der Waals surface area contributed by atoms with E-state index in [-0.39, 0.29) is 0 Å². The predicted molar refractivity (Wildman–Crippen MR) is 78.4 cm³/mol. The van der Waals surface area contributed by atoms with Crippen molar-refractivity contribution in [3.05, 3.63) is 22.3 Å². The zero-order valence-electron chi connectivity index (χ0n) is 11.5. The lowest BCUT2D eigenvalue weighted by atomic mass is 10.0. The van der Waals surface area contributed by atoms with Gasteiger partial charge in [-0.15, -0.1) is 0 Å². The van der Waals surface area contributed by atoms with Crippen molar-refractivity contribution < 1.29 is 9.47 Å². The van der Waals surface area contributed by atoms with Gasteiger partial charge in [-0.25, -0.2) is 4.98 Å². The molecule has 2 N–H and O–H groups in total. The number of rotatable bonds is 3. The summed E-state index contributed by atoms with van der Waals surface area (Å²) in [6.45, 7) is 3.99. The number of anilines is 1. The molecule has 0 atom stereocenters. The zero-order valence-corrected chi connectivity index (χ0v) is 12.3. The van der Waals surface area contributed by atoms with E-state index < -0.39 is 0 Å². The molecule has 5 heteroatoms. The zero-order chi connectivity index (χ0) is 14.2. The Bertz CT molecular complexity index is 641. The van der Waals surface area contributed by atoms with Crippen LogP contribution in [-0.4, -0.2) is 19.2 Å². The van der Waals surface area contributed by atoms with Gasteiger partial charge in [0, 0.05) is 17.4 Å². The molecule has 0 aliphatic heterocycles. The fourth-order valence-electron chi connectivity index (χ4n) is 2.22. The van der Waals surface area contributed by atoms with Gasteiger partial charge in [-0.2, -0.15) is 0 Å². The molecule has 2 aromatic rings. The van der Waals surface area contributed by atoms with E-state index in [2.05, 4.69) is 4.98 Å². The van der Waals surface area contributed by atoms with E-state index in [1.165, 1.54) is 0 Å². The third-order valence-corrected chi connectivity index (χ3v) is 3.56.